The average molecular weight is 395 g/mol. The van der Waals surface area contributed by atoms with Gasteiger partial charge in [0.1, 0.15) is 5.82 Å². The minimum Gasteiger partial charge on any atom is -0.354 e. The summed E-state index contributed by atoms with van der Waals surface area (Å²) in [6, 6.07) is 13.1. The van der Waals surface area contributed by atoms with E-state index in [2.05, 4.69) is 87.4 Å². The van der Waals surface area contributed by atoms with Gasteiger partial charge in [-0.3, -0.25) is 4.99 Å². The summed E-state index contributed by atoms with van der Waals surface area (Å²) < 4.78 is 0. The topological polar surface area (TPSA) is 47.0 Å². The first kappa shape index (κ1) is 21.1. The van der Waals surface area contributed by atoms with E-state index in [4.69, 9.17) is 0 Å². The molecule has 1 aromatic carbocycles. The van der Waals surface area contributed by atoms with Crippen LogP contribution in [-0.2, 0) is 19.5 Å². The minimum absolute atomic E-state index is 0.731. The molecule has 0 bridgehead atoms. The molecule has 0 saturated carbocycles. The molecular weight excluding hydrogens is 360 g/mol. The van der Waals surface area contributed by atoms with E-state index in [-0.39, 0.29) is 0 Å². The third-order valence-corrected chi connectivity index (χ3v) is 5.51. The monoisotopic (exact) mass is 394 g/mol. The van der Waals surface area contributed by atoms with Crippen LogP contribution < -0.4 is 10.2 Å². The third kappa shape index (κ3) is 5.94. The average Bonchev–Trinajstić information content (AvgIpc) is 2.75. The van der Waals surface area contributed by atoms with E-state index >= 15 is 0 Å². The molecule has 1 fully saturated rings. The normalized spacial score (nSPS) is 15.4. The number of rotatable bonds is 6. The molecule has 156 valence electrons. The first-order valence-corrected chi connectivity index (χ1v) is 10.5. The summed E-state index contributed by atoms with van der Waals surface area (Å²) in [5.74, 6) is 1.96. The van der Waals surface area contributed by atoms with Gasteiger partial charge < -0.3 is 20.0 Å². The maximum Gasteiger partial charge on any atom is 0.193 e. The highest BCUT2D eigenvalue weighted by Gasteiger charge is 2.15. The molecule has 2 aromatic rings. The molecular formula is C23H34N6. The number of hydrogen-bond acceptors (Lipinski definition) is 4. The van der Waals surface area contributed by atoms with Crippen LogP contribution in [0.25, 0.3) is 0 Å². The maximum absolute atomic E-state index is 4.58. The summed E-state index contributed by atoms with van der Waals surface area (Å²) in [5, 5.41) is 3.49. The van der Waals surface area contributed by atoms with Crippen molar-refractivity contribution in [1.29, 1.82) is 0 Å². The molecule has 6 nitrogen and oxygen atoms in total. The van der Waals surface area contributed by atoms with Gasteiger partial charge in [0.15, 0.2) is 5.96 Å². The Morgan fingerprint density at radius 1 is 1.07 bits per heavy atom. The molecule has 0 unspecified atom stereocenters. The molecule has 6 heteroatoms. The van der Waals surface area contributed by atoms with E-state index < -0.39 is 0 Å². The van der Waals surface area contributed by atoms with Gasteiger partial charge in [0.05, 0.1) is 0 Å². The molecule has 1 aliphatic rings. The number of aromatic nitrogens is 1. The first-order valence-electron chi connectivity index (χ1n) is 10.5. The van der Waals surface area contributed by atoms with E-state index in [0.29, 0.717) is 0 Å². The Labute approximate surface area is 175 Å². The quantitative estimate of drug-likeness (QED) is 0.603. The zero-order valence-electron chi connectivity index (χ0n) is 18.2. The highest BCUT2D eigenvalue weighted by molar-refractivity contribution is 5.79. The van der Waals surface area contributed by atoms with Gasteiger partial charge in [0.25, 0.3) is 0 Å². The van der Waals surface area contributed by atoms with Gasteiger partial charge in [0, 0.05) is 59.6 Å². The summed E-state index contributed by atoms with van der Waals surface area (Å²) >= 11 is 0. The van der Waals surface area contributed by atoms with E-state index in [1.807, 2.05) is 13.2 Å². The Kier molecular flexibility index (Phi) is 7.47. The maximum atomic E-state index is 4.58. The molecule has 1 aliphatic heterocycles. The first-order chi connectivity index (χ1) is 14.1. The number of guanidine groups is 1. The number of piperazine rings is 1. The van der Waals surface area contributed by atoms with Crippen molar-refractivity contribution >= 4 is 11.8 Å². The Bertz CT molecular complexity index is 793. The molecule has 3 rings (SSSR count). The molecule has 0 atom stereocenters. The second-order valence-corrected chi connectivity index (χ2v) is 7.74. The molecule has 0 aliphatic carbocycles. The lowest BCUT2D eigenvalue weighted by atomic mass is 10.1. The van der Waals surface area contributed by atoms with E-state index in [0.717, 1.165) is 57.5 Å². The molecule has 1 aromatic heterocycles. The fraction of sp³-hybridized carbons (Fsp3) is 0.478. The highest BCUT2D eigenvalue weighted by Crippen LogP contribution is 2.15. The number of pyridine rings is 1. The van der Waals surface area contributed by atoms with Crippen LogP contribution in [0.5, 0.6) is 0 Å². The van der Waals surface area contributed by atoms with Crippen molar-refractivity contribution in [3.8, 4) is 0 Å². The van der Waals surface area contributed by atoms with Crippen LogP contribution in [0.2, 0.25) is 0 Å². The molecule has 0 radical (unpaired) electrons. The number of benzene rings is 1. The lowest BCUT2D eigenvalue weighted by Crippen LogP contribution is -2.44. The van der Waals surface area contributed by atoms with E-state index in [1.54, 1.807) is 0 Å². The van der Waals surface area contributed by atoms with Gasteiger partial charge in [0.2, 0.25) is 0 Å². The fourth-order valence-electron chi connectivity index (χ4n) is 3.57. The lowest BCUT2D eigenvalue weighted by molar-refractivity contribution is 0.312. The number of aryl methyl sites for hydroxylation is 1. The molecule has 29 heavy (non-hydrogen) atoms. The second-order valence-electron chi connectivity index (χ2n) is 7.74. The molecule has 1 N–H and O–H groups in total. The van der Waals surface area contributed by atoms with Crippen molar-refractivity contribution in [3.05, 3.63) is 59.3 Å². The Balaban J connectivity index is 1.56. The fourth-order valence-corrected chi connectivity index (χ4v) is 3.57. The standard InChI is InChI=1S/C23H34N6/c1-5-19-6-8-20(9-7-19)18-28(4)23(24-2)26-17-21-10-11-25-22(16-21)29-14-12-27(3)13-15-29/h6-11,16H,5,12-15,17-18H2,1-4H3,(H,24,26). The van der Waals surface area contributed by atoms with Gasteiger partial charge in [-0.1, -0.05) is 31.2 Å². The third-order valence-electron chi connectivity index (χ3n) is 5.51. The van der Waals surface area contributed by atoms with Gasteiger partial charge in [-0.05, 0) is 42.3 Å². The van der Waals surface area contributed by atoms with Gasteiger partial charge >= 0.3 is 0 Å². The van der Waals surface area contributed by atoms with Crippen LogP contribution in [0.4, 0.5) is 5.82 Å². The van der Waals surface area contributed by atoms with Crippen molar-refractivity contribution in [1.82, 2.24) is 20.1 Å². The summed E-state index contributed by atoms with van der Waals surface area (Å²) in [6.07, 6.45) is 2.98. The Morgan fingerprint density at radius 2 is 1.76 bits per heavy atom. The van der Waals surface area contributed by atoms with Crippen LogP contribution in [0.3, 0.4) is 0 Å². The van der Waals surface area contributed by atoms with Crippen molar-refractivity contribution in [2.45, 2.75) is 26.4 Å². The number of nitrogens with zero attached hydrogens (tertiary/aromatic N) is 5. The van der Waals surface area contributed by atoms with E-state index in [1.165, 1.54) is 16.7 Å². The van der Waals surface area contributed by atoms with Gasteiger partial charge in [-0.2, -0.15) is 0 Å². The van der Waals surface area contributed by atoms with Crippen LogP contribution in [0, 0.1) is 0 Å². The summed E-state index contributed by atoms with van der Waals surface area (Å²) in [6.45, 7) is 7.97. The van der Waals surface area contributed by atoms with Crippen molar-refractivity contribution < 1.29 is 0 Å². The van der Waals surface area contributed by atoms with E-state index in [9.17, 15) is 0 Å². The highest BCUT2D eigenvalue weighted by atomic mass is 15.3. The zero-order chi connectivity index (χ0) is 20.6. The van der Waals surface area contributed by atoms with Crippen LogP contribution >= 0.6 is 0 Å². The molecule has 0 amide bonds. The zero-order valence-corrected chi connectivity index (χ0v) is 18.2. The SMILES string of the molecule is CCc1ccc(CN(C)C(=NC)NCc2ccnc(N3CCN(C)CC3)c2)cc1. The van der Waals surface area contributed by atoms with Gasteiger partial charge in [-0.15, -0.1) is 0 Å². The summed E-state index contributed by atoms with van der Waals surface area (Å²) in [5.41, 5.74) is 3.87. The number of anilines is 1. The summed E-state index contributed by atoms with van der Waals surface area (Å²) in [7, 11) is 6.08. The minimum atomic E-state index is 0.731. The van der Waals surface area contributed by atoms with Gasteiger partial charge in [-0.25, -0.2) is 4.98 Å². The smallest absolute Gasteiger partial charge is 0.193 e. The Hall–Kier alpha value is -2.60. The lowest BCUT2D eigenvalue weighted by Gasteiger charge is -2.33. The molecule has 2 heterocycles. The van der Waals surface area contributed by atoms with Crippen LogP contribution in [0.1, 0.15) is 23.6 Å². The number of hydrogen-bond donors (Lipinski definition) is 1. The number of nitrogens with one attached hydrogen (secondary N) is 1. The number of aliphatic imine (C=N–C) groups is 1. The van der Waals surface area contributed by atoms with Crippen LogP contribution in [-0.4, -0.2) is 68.1 Å². The second kappa shape index (κ2) is 10.3. The predicted molar refractivity (Wildman–Crippen MR) is 121 cm³/mol. The predicted octanol–water partition coefficient (Wildman–Crippen LogP) is 2.60. The van der Waals surface area contributed by atoms with Crippen molar-refractivity contribution in [2.24, 2.45) is 4.99 Å². The summed E-state index contributed by atoms with van der Waals surface area (Å²) in [4.78, 5) is 15.9. The Morgan fingerprint density at radius 3 is 2.41 bits per heavy atom. The van der Waals surface area contributed by atoms with Crippen molar-refractivity contribution in [3.63, 3.8) is 0 Å². The molecule has 0 spiro atoms. The number of likely N-dealkylation sites (N-methyl/N-ethyl adjacent to an activating group) is 1. The van der Waals surface area contributed by atoms with Crippen molar-refractivity contribution in [2.75, 3.05) is 52.2 Å². The van der Waals surface area contributed by atoms with Crippen LogP contribution in [0.15, 0.2) is 47.6 Å². The largest absolute Gasteiger partial charge is 0.354 e. The molecule has 1 saturated heterocycles.